The summed E-state index contributed by atoms with van der Waals surface area (Å²) in [6.45, 7) is 1.70. The summed E-state index contributed by atoms with van der Waals surface area (Å²) in [6, 6.07) is 9.04. The topological polar surface area (TPSA) is 70.0 Å². The Kier molecular flexibility index (Phi) is 3.10. The van der Waals surface area contributed by atoms with Gasteiger partial charge < -0.3 is 10.8 Å². The maximum atomic E-state index is 9.20. The molecule has 3 heteroatoms. The van der Waals surface area contributed by atoms with Crippen molar-refractivity contribution in [3.05, 3.63) is 29.8 Å². The van der Waals surface area contributed by atoms with Crippen molar-refractivity contribution in [2.45, 2.75) is 25.3 Å². The van der Waals surface area contributed by atoms with Gasteiger partial charge in [-0.15, -0.1) is 0 Å². The molecule has 0 saturated heterocycles. The molecule has 0 bridgehead atoms. The lowest BCUT2D eigenvalue weighted by atomic mass is 9.96. The fraction of sp³-hybridized carbons (Fsp3) is 0.364. The highest BCUT2D eigenvalue weighted by Gasteiger charge is 2.16. The second-order valence-electron chi connectivity index (χ2n) is 3.70. The fourth-order valence-corrected chi connectivity index (χ4v) is 1.17. The zero-order valence-corrected chi connectivity index (χ0v) is 8.20. The van der Waals surface area contributed by atoms with E-state index in [1.54, 1.807) is 25.1 Å². The SMILES string of the molecule is CC(N)(C#N)CCc1cccc(O)c1. The lowest BCUT2D eigenvalue weighted by molar-refractivity contribution is 0.473. The Morgan fingerprint density at radius 1 is 1.57 bits per heavy atom. The van der Waals surface area contributed by atoms with Gasteiger partial charge in [0.15, 0.2) is 0 Å². The lowest BCUT2D eigenvalue weighted by Gasteiger charge is -2.14. The minimum Gasteiger partial charge on any atom is -0.508 e. The molecule has 0 fully saturated rings. The normalized spacial score (nSPS) is 14.4. The molecule has 3 N–H and O–H groups in total. The van der Waals surface area contributed by atoms with Crippen LogP contribution in [0.4, 0.5) is 0 Å². The van der Waals surface area contributed by atoms with Crippen LogP contribution in [0, 0.1) is 11.3 Å². The van der Waals surface area contributed by atoms with Crippen molar-refractivity contribution in [2.24, 2.45) is 5.73 Å². The van der Waals surface area contributed by atoms with Crippen molar-refractivity contribution in [2.75, 3.05) is 0 Å². The highest BCUT2D eigenvalue weighted by molar-refractivity contribution is 5.27. The third kappa shape index (κ3) is 3.08. The van der Waals surface area contributed by atoms with E-state index < -0.39 is 5.54 Å². The van der Waals surface area contributed by atoms with E-state index in [1.807, 2.05) is 12.1 Å². The summed E-state index contributed by atoms with van der Waals surface area (Å²) in [5, 5.41) is 17.9. The summed E-state index contributed by atoms with van der Waals surface area (Å²) in [5.74, 6) is 0.248. The van der Waals surface area contributed by atoms with Gasteiger partial charge >= 0.3 is 0 Å². The average Bonchev–Trinajstić information content (AvgIpc) is 2.15. The van der Waals surface area contributed by atoms with Crippen LogP contribution < -0.4 is 5.73 Å². The zero-order valence-electron chi connectivity index (χ0n) is 8.20. The predicted molar refractivity (Wildman–Crippen MR) is 54.6 cm³/mol. The lowest BCUT2D eigenvalue weighted by Crippen LogP contribution is -2.34. The third-order valence-corrected chi connectivity index (χ3v) is 2.10. The van der Waals surface area contributed by atoms with E-state index >= 15 is 0 Å². The van der Waals surface area contributed by atoms with Gasteiger partial charge in [0.05, 0.1) is 6.07 Å². The summed E-state index contributed by atoms with van der Waals surface area (Å²) in [6.07, 6.45) is 1.29. The molecular weight excluding hydrogens is 176 g/mol. The zero-order chi connectivity index (χ0) is 10.6. The number of rotatable bonds is 3. The third-order valence-electron chi connectivity index (χ3n) is 2.10. The standard InChI is InChI=1S/C11H14N2O/c1-11(13,8-12)6-5-9-3-2-4-10(14)7-9/h2-4,7,14H,5-6,13H2,1H3. The number of nitriles is 1. The van der Waals surface area contributed by atoms with Crippen molar-refractivity contribution in [3.8, 4) is 11.8 Å². The number of hydrogen-bond donors (Lipinski definition) is 2. The van der Waals surface area contributed by atoms with Crippen LogP contribution >= 0.6 is 0 Å². The van der Waals surface area contributed by atoms with E-state index in [9.17, 15) is 5.11 Å². The first-order valence-corrected chi connectivity index (χ1v) is 4.51. The molecule has 1 aromatic rings. The fourth-order valence-electron chi connectivity index (χ4n) is 1.17. The van der Waals surface area contributed by atoms with Gasteiger partial charge in [-0.25, -0.2) is 0 Å². The highest BCUT2D eigenvalue weighted by Crippen LogP contribution is 2.15. The van der Waals surface area contributed by atoms with Crippen LogP contribution in [0.25, 0.3) is 0 Å². The number of hydrogen-bond acceptors (Lipinski definition) is 3. The largest absolute Gasteiger partial charge is 0.508 e. The summed E-state index contributed by atoms with van der Waals surface area (Å²) in [7, 11) is 0. The van der Waals surface area contributed by atoms with Crippen molar-refractivity contribution < 1.29 is 5.11 Å². The van der Waals surface area contributed by atoms with E-state index in [0.29, 0.717) is 12.8 Å². The van der Waals surface area contributed by atoms with Crippen LogP contribution in [0.2, 0.25) is 0 Å². The molecule has 0 aliphatic heterocycles. The number of aryl methyl sites for hydroxylation is 1. The van der Waals surface area contributed by atoms with Crippen LogP contribution in [-0.4, -0.2) is 10.6 Å². The number of aromatic hydroxyl groups is 1. The molecule has 74 valence electrons. The quantitative estimate of drug-likeness (QED) is 0.760. The summed E-state index contributed by atoms with van der Waals surface area (Å²) >= 11 is 0. The molecule has 0 radical (unpaired) electrons. The molecule has 0 amide bonds. The molecule has 0 saturated carbocycles. The van der Waals surface area contributed by atoms with Crippen molar-refractivity contribution in [1.29, 1.82) is 5.26 Å². The van der Waals surface area contributed by atoms with Gasteiger partial charge in [0.2, 0.25) is 0 Å². The van der Waals surface area contributed by atoms with Crippen LogP contribution in [0.15, 0.2) is 24.3 Å². The van der Waals surface area contributed by atoms with Gasteiger partial charge in [-0.2, -0.15) is 5.26 Å². The smallest absolute Gasteiger partial charge is 0.115 e. The molecule has 1 unspecified atom stereocenters. The highest BCUT2D eigenvalue weighted by atomic mass is 16.3. The molecular formula is C11H14N2O. The summed E-state index contributed by atoms with van der Waals surface area (Å²) < 4.78 is 0. The van der Waals surface area contributed by atoms with Gasteiger partial charge in [-0.3, -0.25) is 0 Å². The molecule has 1 aromatic carbocycles. The molecule has 1 rings (SSSR count). The Morgan fingerprint density at radius 2 is 2.29 bits per heavy atom. The van der Waals surface area contributed by atoms with Crippen LogP contribution in [0.5, 0.6) is 5.75 Å². The van der Waals surface area contributed by atoms with Gasteiger partial charge in [-0.05, 0) is 37.5 Å². The van der Waals surface area contributed by atoms with E-state index in [0.717, 1.165) is 5.56 Å². The molecule has 0 heterocycles. The molecule has 1 atom stereocenters. The average molecular weight is 190 g/mol. The van der Waals surface area contributed by atoms with Gasteiger partial charge in [0.25, 0.3) is 0 Å². The Morgan fingerprint density at radius 3 is 2.86 bits per heavy atom. The first kappa shape index (κ1) is 10.6. The Balaban J connectivity index is 2.59. The number of nitrogens with zero attached hydrogens (tertiary/aromatic N) is 1. The molecule has 3 nitrogen and oxygen atoms in total. The van der Waals surface area contributed by atoms with Crippen molar-refractivity contribution in [3.63, 3.8) is 0 Å². The van der Waals surface area contributed by atoms with E-state index in [1.165, 1.54) is 0 Å². The van der Waals surface area contributed by atoms with E-state index in [4.69, 9.17) is 11.0 Å². The van der Waals surface area contributed by atoms with Crippen molar-refractivity contribution >= 4 is 0 Å². The number of nitrogens with two attached hydrogens (primary N) is 1. The minimum atomic E-state index is -0.786. The monoisotopic (exact) mass is 190 g/mol. The second-order valence-corrected chi connectivity index (χ2v) is 3.70. The maximum absolute atomic E-state index is 9.20. The molecule has 0 spiro atoms. The van der Waals surface area contributed by atoms with Crippen LogP contribution in [0.3, 0.4) is 0 Å². The Hall–Kier alpha value is -1.53. The van der Waals surface area contributed by atoms with Crippen LogP contribution in [-0.2, 0) is 6.42 Å². The summed E-state index contributed by atoms with van der Waals surface area (Å²) in [5.41, 5.74) is 5.89. The summed E-state index contributed by atoms with van der Waals surface area (Å²) in [4.78, 5) is 0. The Bertz CT molecular complexity index is 353. The first-order valence-electron chi connectivity index (χ1n) is 4.51. The number of benzene rings is 1. The molecule has 0 aromatic heterocycles. The van der Waals surface area contributed by atoms with E-state index in [2.05, 4.69) is 0 Å². The molecule has 0 aliphatic rings. The first-order chi connectivity index (χ1) is 6.53. The van der Waals surface area contributed by atoms with Crippen molar-refractivity contribution in [1.82, 2.24) is 0 Å². The van der Waals surface area contributed by atoms with Crippen LogP contribution in [0.1, 0.15) is 18.9 Å². The Labute approximate surface area is 83.8 Å². The predicted octanol–water partition coefficient (Wildman–Crippen LogP) is 1.57. The van der Waals surface area contributed by atoms with Gasteiger partial charge in [0, 0.05) is 0 Å². The molecule has 0 aliphatic carbocycles. The van der Waals surface area contributed by atoms with E-state index in [-0.39, 0.29) is 5.75 Å². The second kappa shape index (κ2) is 4.12. The number of phenolic OH excluding ortho intramolecular Hbond substituents is 1. The van der Waals surface area contributed by atoms with Gasteiger partial charge in [-0.1, -0.05) is 12.1 Å². The molecule has 14 heavy (non-hydrogen) atoms. The number of phenols is 1. The minimum absolute atomic E-state index is 0.248. The maximum Gasteiger partial charge on any atom is 0.115 e. The van der Waals surface area contributed by atoms with Gasteiger partial charge in [0.1, 0.15) is 11.3 Å².